The highest BCUT2D eigenvalue weighted by molar-refractivity contribution is 5.75. The van der Waals surface area contributed by atoms with Crippen LogP contribution in [0.4, 0.5) is 0 Å². The molecule has 0 aliphatic rings. The van der Waals surface area contributed by atoms with Gasteiger partial charge in [-0.25, -0.2) is 0 Å². The Labute approximate surface area is 174 Å². The van der Waals surface area contributed by atoms with Gasteiger partial charge in [-0.2, -0.15) is 0 Å². The molecule has 162 valence electrons. The van der Waals surface area contributed by atoms with Crippen molar-refractivity contribution in [3.63, 3.8) is 0 Å². The molecule has 0 radical (unpaired) electrons. The number of hydrogen-bond donors (Lipinski definition) is 1. The SMILES string of the molecule is CCCCCCCC/C=C\CCCCCCCCCCCCCC(=O)O.[SiH4]. The van der Waals surface area contributed by atoms with Gasteiger partial charge in [-0.05, 0) is 43.1 Å². The van der Waals surface area contributed by atoms with Gasteiger partial charge in [0, 0.05) is 6.42 Å². The van der Waals surface area contributed by atoms with Crippen LogP contribution in [0, 0.1) is 0 Å². The van der Waals surface area contributed by atoms with Gasteiger partial charge in [-0.1, -0.05) is 109 Å². The van der Waals surface area contributed by atoms with Crippen molar-refractivity contribution < 1.29 is 9.90 Å². The molecule has 27 heavy (non-hydrogen) atoms. The van der Waals surface area contributed by atoms with E-state index in [4.69, 9.17) is 5.11 Å². The molecule has 0 bridgehead atoms. The standard InChI is InChI=1S/C24H46O2.H4Si/c1-2-3-4-5-6-7-8-9-10-11-12-13-14-15-16-17-18-19-20-21-22-23-24(25)26;/h9-10H,2-8,11-23H2,1H3,(H,25,26);1H4/b10-9-;. The first-order valence-electron chi connectivity index (χ1n) is 11.6. The molecule has 0 spiro atoms. The van der Waals surface area contributed by atoms with Gasteiger partial charge in [0.2, 0.25) is 0 Å². The maximum atomic E-state index is 10.4. The maximum absolute atomic E-state index is 10.4. The highest BCUT2D eigenvalue weighted by Gasteiger charge is 1.97. The summed E-state index contributed by atoms with van der Waals surface area (Å²) in [6, 6.07) is 0. The maximum Gasteiger partial charge on any atom is 0.303 e. The number of allylic oxidation sites excluding steroid dienone is 2. The first-order chi connectivity index (χ1) is 12.8. The number of carboxylic acid groups (broad SMARTS) is 1. The first kappa shape index (κ1) is 28.6. The summed E-state index contributed by atoms with van der Waals surface area (Å²) in [5, 5.41) is 8.57. The number of unbranched alkanes of at least 4 members (excludes halogenated alkanes) is 17. The molecule has 0 aliphatic heterocycles. The third kappa shape index (κ3) is 27.7. The Balaban J connectivity index is 0. The van der Waals surface area contributed by atoms with Gasteiger partial charge >= 0.3 is 5.97 Å². The Morgan fingerprint density at radius 1 is 0.593 bits per heavy atom. The van der Waals surface area contributed by atoms with Crippen LogP contribution in [0.1, 0.15) is 135 Å². The molecule has 0 unspecified atom stereocenters. The van der Waals surface area contributed by atoms with Crippen LogP contribution in [-0.2, 0) is 4.79 Å². The van der Waals surface area contributed by atoms with Crippen LogP contribution in [0.3, 0.4) is 0 Å². The molecule has 0 heterocycles. The largest absolute Gasteiger partial charge is 0.481 e. The Morgan fingerprint density at radius 2 is 0.926 bits per heavy atom. The quantitative estimate of drug-likeness (QED) is 0.128. The van der Waals surface area contributed by atoms with E-state index in [1.807, 2.05) is 0 Å². The zero-order chi connectivity index (χ0) is 19.1. The lowest BCUT2D eigenvalue weighted by Gasteiger charge is -2.02. The second-order valence-corrected chi connectivity index (χ2v) is 7.85. The Bertz CT molecular complexity index is 316. The Hall–Kier alpha value is -0.573. The number of aliphatic carboxylic acids is 1. The molecule has 0 amide bonds. The highest BCUT2D eigenvalue weighted by Crippen LogP contribution is 2.13. The van der Waals surface area contributed by atoms with Crippen LogP contribution in [0.2, 0.25) is 0 Å². The van der Waals surface area contributed by atoms with Gasteiger partial charge < -0.3 is 5.11 Å². The number of hydrogen-bond acceptors (Lipinski definition) is 1. The predicted molar refractivity (Wildman–Crippen MR) is 126 cm³/mol. The van der Waals surface area contributed by atoms with Gasteiger partial charge in [0.05, 0.1) is 0 Å². The zero-order valence-electron chi connectivity index (χ0n) is 17.7. The number of carboxylic acids is 1. The van der Waals surface area contributed by atoms with Crippen molar-refractivity contribution in [2.75, 3.05) is 0 Å². The average Bonchev–Trinajstić information content (AvgIpc) is 2.62. The Morgan fingerprint density at radius 3 is 1.30 bits per heavy atom. The monoisotopic (exact) mass is 398 g/mol. The molecule has 0 atom stereocenters. The normalized spacial score (nSPS) is 11.0. The lowest BCUT2D eigenvalue weighted by Crippen LogP contribution is -1.93. The van der Waals surface area contributed by atoms with Crippen LogP contribution in [0.15, 0.2) is 12.2 Å². The van der Waals surface area contributed by atoms with E-state index in [-0.39, 0.29) is 11.0 Å². The number of rotatable bonds is 21. The van der Waals surface area contributed by atoms with E-state index < -0.39 is 5.97 Å². The average molecular weight is 399 g/mol. The van der Waals surface area contributed by atoms with Crippen LogP contribution < -0.4 is 0 Å². The van der Waals surface area contributed by atoms with Gasteiger partial charge in [-0.15, -0.1) is 0 Å². The summed E-state index contributed by atoms with van der Waals surface area (Å²) in [4.78, 5) is 10.4. The first-order valence-corrected chi connectivity index (χ1v) is 11.6. The summed E-state index contributed by atoms with van der Waals surface area (Å²) in [6.07, 6.45) is 30.1. The van der Waals surface area contributed by atoms with Gasteiger partial charge in [0.1, 0.15) is 0 Å². The lowest BCUT2D eigenvalue weighted by molar-refractivity contribution is -0.137. The van der Waals surface area contributed by atoms with E-state index in [2.05, 4.69) is 19.1 Å². The van der Waals surface area contributed by atoms with Crippen LogP contribution >= 0.6 is 0 Å². The molecule has 1 N–H and O–H groups in total. The molecular weight excluding hydrogens is 348 g/mol. The van der Waals surface area contributed by atoms with Crippen molar-refractivity contribution in [3.8, 4) is 0 Å². The topological polar surface area (TPSA) is 37.3 Å². The van der Waals surface area contributed by atoms with Gasteiger partial charge in [0.25, 0.3) is 0 Å². The molecule has 0 aromatic carbocycles. The molecule has 0 aliphatic carbocycles. The van der Waals surface area contributed by atoms with E-state index in [9.17, 15) is 4.79 Å². The summed E-state index contributed by atoms with van der Waals surface area (Å²) in [6.45, 7) is 2.28. The lowest BCUT2D eigenvalue weighted by atomic mass is 10.0. The fraction of sp³-hybridized carbons (Fsp3) is 0.875. The van der Waals surface area contributed by atoms with E-state index in [0.29, 0.717) is 6.42 Å². The van der Waals surface area contributed by atoms with E-state index in [1.54, 1.807) is 0 Å². The number of carbonyl (C=O) groups is 1. The third-order valence-electron chi connectivity index (χ3n) is 5.15. The molecule has 0 saturated carbocycles. The minimum atomic E-state index is -0.654. The minimum absolute atomic E-state index is 0. The van der Waals surface area contributed by atoms with E-state index >= 15 is 0 Å². The molecule has 0 saturated heterocycles. The third-order valence-corrected chi connectivity index (χ3v) is 5.15. The summed E-state index contributed by atoms with van der Waals surface area (Å²) in [5.41, 5.74) is 0. The molecule has 0 aromatic heterocycles. The van der Waals surface area contributed by atoms with Crippen molar-refractivity contribution >= 4 is 16.9 Å². The molecular formula is C24H50O2Si. The molecule has 0 aromatic rings. The summed E-state index contributed by atoms with van der Waals surface area (Å²) >= 11 is 0. The van der Waals surface area contributed by atoms with E-state index in [1.165, 1.54) is 109 Å². The summed E-state index contributed by atoms with van der Waals surface area (Å²) in [5.74, 6) is -0.654. The molecule has 0 fully saturated rings. The smallest absolute Gasteiger partial charge is 0.303 e. The molecule has 2 nitrogen and oxygen atoms in total. The predicted octanol–water partition coefficient (Wildman–Crippen LogP) is 7.00. The van der Waals surface area contributed by atoms with Crippen molar-refractivity contribution in [1.29, 1.82) is 0 Å². The van der Waals surface area contributed by atoms with E-state index in [0.717, 1.165) is 12.8 Å². The fourth-order valence-electron chi connectivity index (χ4n) is 3.41. The zero-order valence-corrected chi connectivity index (χ0v) is 17.7. The second kappa shape index (κ2) is 25.4. The Kier molecular flexibility index (Phi) is 27.0. The molecule has 0 rings (SSSR count). The van der Waals surface area contributed by atoms with Crippen LogP contribution in [0.25, 0.3) is 0 Å². The summed E-state index contributed by atoms with van der Waals surface area (Å²) < 4.78 is 0. The second-order valence-electron chi connectivity index (χ2n) is 7.85. The van der Waals surface area contributed by atoms with Crippen molar-refractivity contribution in [1.82, 2.24) is 0 Å². The van der Waals surface area contributed by atoms with Crippen molar-refractivity contribution in [2.24, 2.45) is 0 Å². The van der Waals surface area contributed by atoms with Gasteiger partial charge in [0.15, 0.2) is 0 Å². The highest BCUT2D eigenvalue weighted by atomic mass is 28.1. The van der Waals surface area contributed by atoms with Crippen LogP contribution in [-0.4, -0.2) is 22.0 Å². The van der Waals surface area contributed by atoms with Crippen LogP contribution in [0.5, 0.6) is 0 Å². The molecule has 3 heteroatoms. The van der Waals surface area contributed by atoms with Crippen molar-refractivity contribution in [2.45, 2.75) is 135 Å². The van der Waals surface area contributed by atoms with Gasteiger partial charge in [-0.3, -0.25) is 4.79 Å². The minimum Gasteiger partial charge on any atom is -0.481 e. The fourth-order valence-corrected chi connectivity index (χ4v) is 3.41. The summed E-state index contributed by atoms with van der Waals surface area (Å²) in [7, 11) is 0. The van der Waals surface area contributed by atoms with Crippen molar-refractivity contribution in [3.05, 3.63) is 12.2 Å².